The molecule has 10 nitrogen and oxygen atoms in total. The van der Waals surface area contributed by atoms with E-state index in [2.05, 4.69) is 5.32 Å². The lowest BCUT2D eigenvalue weighted by atomic mass is 10.0. The van der Waals surface area contributed by atoms with Crippen molar-refractivity contribution in [1.82, 2.24) is 10.2 Å². The molecule has 2 amide bonds. The molecule has 46 heavy (non-hydrogen) atoms. The summed E-state index contributed by atoms with van der Waals surface area (Å²) in [4.78, 5) is 40.7. The third-order valence-corrected chi connectivity index (χ3v) is 9.47. The molecule has 4 aromatic rings. The highest BCUT2D eigenvalue weighted by molar-refractivity contribution is 7.92. The van der Waals surface area contributed by atoms with Crippen LogP contribution >= 0.6 is 0 Å². The van der Waals surface area contributed by atoms with Gasteiger partial charge in [-0.3, -0.25) is 24.0 Å². The molecule has 11 heteroatoms. The largest absolute Gasteiger partial charge is 0.352 e. The third kappa shape index (κ3) is 8.57. The number of anilines is 1. The normalized spacial score (nSPS) is 12.5. The molecule has 0 bridgehead atoms. The number of amides is 2. The second kappa shape index (κ2) is 15.3. The minimum Gasteiger partial charge on any atom is -0.352 e. The van der Waals surface area contributed by atoms with Gasteiger partial charge in [0.25, 0.3) is 15.7 Å². The highest BCUT2D eigenvalue weighted by Crippen LogP contribution is 2.28. The summed E-state index contributed by atoms with van der Waals surface area (Å²) >= 11 is 0. The molecule has 0 fully saturated rings. The number of hydrogen-bond donors (Lipinski definition) is 1. The SMILES string of the molecule is CC[C@@H](C)NC(=O)[C@@H](Cc1ccccc1)N(Cc1ccc(C)cc1)C(=O)CN(c1cccc([N+](=O)[O-])c1)S(=O)(=O)c1ccccc1. The first-order valence-electron chi connectivity index (χ1n) is 15.0. The van der Waals surface area contributed by atoms with Crippen LogP contribution in [0.15, 0.2) is 114 Å². The molecule has 0 aliphatic carbocycles. The van der Waals surface area contributed by atoms with Crippen molar-refractivity contribution < 1.29 is 22.9 Å². The number of nitrogens with one attached hydrogen (secondary N) is 1. The lowest BCUT2D eigenvalue weighted by Gasteiger charge is -2.34. The quantitative estimate of drug-likeness (QED) is 0.140. The molecule has 0 radical (unpaired) electrons. The van der Waals surface area contributed by atoms with Crippen molar-refractivity contribution in [3.8, 4) is 0 Å². The molecule has 0 spiro atoms. The van der Waals surface area contributed by atoms with Gasteiger partial charge in [-0.2, -0.15) is 0 Å². The van der Waals surface area contributed by atoms with E-state index in [0.717, 1.165) is 27.1 Å². The van der Waals surface area contributed by atoms with E-state index in [1.807, 2.05) is 75.4 Å². The van der Waals surface area contributed by atoms with Crippen molar-refractivity contribution in [3.05, 3.63) is 136 Å². The number of nitrogens with zero attached hydrogens (tertiary/aromatic N) is 3. The fourth-order valence-corrected chi connectivity index (χ4v) is 6.32. The lowest BCUT2D eigenvalue weighted by molar-refractivity contribution is -0.384. The van der Waals surface area contributed by atoms with E-state index in [-0.39, 0.29) is 41.2 Å². The summed E-state index contributed by atoms with van der Waals surface area (Å²) in [5.41, 5.74) is 2.21. The van der Waals surface area contributed by atoms with Crippen molar-refractivity contribution in [2.24, 2.45) is 0 Å². The fourth-order valence-electron chi connectivity index (χ4n) is 4.90. The second-order valence-corrected chi connectivity index (χ2v) is 13.0. The molecule has 0 saturated carbocycles. The smallest absolute Gasteiger partial charge is 0.271 e. The molecule has 1 N–H and O–H groups in total. The Kier molecular flexibility index (Phi) is 11.3. The van der Waals surface area contributed by atoms with E-state index in [1.165, 1.54) is 35.2 Å². The molecule has 0 saturated heterocycles. The van der Waals surface area contributed by atoms with Gasteiger partial charge < -0.3 is 10.2 Å². The first-order chi connectivity index (χ1) is 22.0. The molecule has 240 valence electrons. The number of nitro benzene ring substituents is 1. The number of carbonyl (C=O) groups is 2. The van der Waals surface area contributed by atoms with Crippen LogP contribution in [0.5, 0.6) is 0 Å². The summed E-state index contributed by atoms with van der Waals surface area (Å²) in [6, 6.07) is 28.4. The van der Waals surface area contributed by atoms with Crippen LogP contribution < -0.4 is 9.62 Å². The summed E-state index contributed by atoms with van der Waals surface area (Å²) in [5, 5.41) is 14.6. The summed E-state index contributed by atoms with van der Waals surface area (Å²) in [6.07, 6.45) is 0.856. The number of aryl methyl sites for hydroxylation is 1. The van der Waals surface area contributed by atoms with Gasteiger partial charge in [-0.25, -0.2) is 8.42 Å². The second-order valence-electron chi connectivity index (χ2n) is 11.1. The van der Waals surface area contributed by atoms with Crippen LogP contribution in [-0.4, -0.2) is 48.7 Å². The van der Waals surface area contributed by atoms with Crippen LogP contribution in [0.4, 0.5) is 11.4 Å². The van der Waals surface area contributed by atoms with E-state index < -0.39 is 33.4 Å². The zero-order chi connectivity index (χ0) is 33.3. The number of carbonyl (C=O) groups excluding carboxylic acids is 2. The zero-order valence-corrected chi connectivity index (χ0v) is 26.9. The average molecular weight is 643 g/mol. The Bertz CT molecular complexity index is 1750. The van der Waals surface area contributed by atoms with Crippen molar-refractivity contribution in [2.45, 2.75) is 57.1 Å². The zero-order valence-electron chi connectivity index (χ0n) is 26.1. The van der Waals surface area contributed by atoms with E-state index in [1.54, 1.807) is 18.2 Å². The Morgan fingerprint density at radius 2 is 1.50 bits per heavy atom. The van der Waals surface area contributed by atoms with Crippen molar-refractivity contribution in [2.75, 3.05) is 10.8 Å². The molecule has 2 atom stereocenters. The maximum atomic E-state index is 14.5. The van der Waals surface area contributed by atoms with Crippen molar-refractivity contribution in [3.63, 3.8) is 0 Å². The number of non-ortho nitro benzene ring substituents is 1. The van der Waals surface area contributed by atoms with E-state index in [0.29, 0.717) is 6.42 Å². The third-order valence-electron chi connectivity index (χ3n) is 7.68. The monoisotopic (exact) mass is 642 g/mol. The van der Waals surface area contributed by atoms with Crippen LogP contribution in [0.2, 0.25) is 0 Å². The van der Waals surface area contributed by atoms with Crippen LogP contribution in [-0.2, 0) is 32.6 Å². The Hall–Kier alpha value is -5.03. The van der Waals surface area contributed by atoms with Crippen LogP contribution in [0.3, 0.4) is 0 Å². The minimum absolute atomic E-state index is 0.0265. The van der Waals surface area contributed by atoms with Gasteiger partial charge in [0.05, 0.1) is 15.5 Å². The summed E-state index contributed by atoms with van der Waals surface area (Å²) in [7, 11) is -4.37. The topological polar surface area (TPSA) is 130 Å². The van der Waals surface area contributed by atoms with E-state index in [9.17, 15) is 28.1 Å². The average Bonchev–Trinajstić information content (AvgIpc) is 3.06. The lowest BCUT2D eigenvalue weighted by Crippen LogP contribution is -2.54. The highest BCUT2D eigenvalue weighted by atomic mass is 32.2. The summed E-state index contributed by atoms with van der Waals surface area (Å²) < 4.78 is 29.0. The number of sulfonamides is 1. The van der Waals surface area contributed by atoms with Crippen molar-refractivity contribution in [1.29, 1.82) is 0 Å². The molecule has 0 unspecified atom stereocenters. The molecular weight excluding hydrogens is 604 g/mol. The van der Waals surface area contributed by atoms with Gasteiger partial charge in [0, 0.05) is 31.1 Å². The maximum Gasteiger partial charge on any atom is 0.271 e. The molecule has 0 aromatic heterocycles. The van der Waals surface area contributed by atoms with Crippen LogP contribution in [0.1, 0.15) is 37.0 Å². The van der Waals surface area contributed by atoms with Gasteiger partial charge >= 0.3 is 0 Å². The molecule has 4 aromatic carbocycles. The van der Waals surface area contributed by atoms with Gasteiger partial charge in [-0.05, 0) is 49.6 Å². The van der Waals surface area contributed by atoms with Gasteiger partial charge in [0.1, 0.15) is 12.6 Å². The predicted octanol–water partition coefficient (Wildman–Crippen LogP) is 5.65. The van der Waals surface area contributed by atoms with Gasteiger partial charge in [0.2, 0.25) is 11.8 Å². The summed E-state index contributed by atoms with van der Waals surface area (Å²) in [6.45, 7) is 5.08. The highest BCUT2D eigenvalue weighted by Gasteiger charge is 2.35. The molecule has 0 aliphatic heterocycles. The molecular formula is C35H38N4O6S. The number of hydrogen-bond acceptors (Lipinski definition) is 6. The van der Waals surface area contributed by atoms with E-state index >= 15 is 0 Å². The van der Waals surface area contributed by atoms with Gasteiger partial charge in [0.15, 0.2) is 0 Å². The summed E-state index contributed by atoms with van der Waals surface area (Å²) in [5.74, 6) is -1.02. The molecule has 4 rings (SSSR count). The van der Waals surface area contributed by atoms with E-state index in [4.69, 9.17) is 0 Å². The van der Waals surface area contributed by atoms with Crippen LogP contribution in [0, 0.1) is 17.0 Å². The standard InChI is InChI=1S/C35H38N4O6S/c1-4-27(3)36-35(41)33(22-28-12-7-5-8-13-28)37(24-29-20-18-26(2)19-21-29)34(40)25-38(30-14-11-15-31(23-30)39(42)43)46(44,45)32-16-9-6-10-17-32/h5-21,23,27,33H,4,22,24-25H2,1-3H3,(H,36,41)/t27-,33-/m1/s1. The van der Waals surface area contributed by atoms with Crippen LogP contribution in [0.25, 0.3) is 0 Å². The first-order valence-corrected chi connectivity index (χ1v) is 16.4. The number of rotatable bonds is 14. The number of benzene rings is 4. The Morgan fingerprint density at radius 1 is 0.870 bits per heavy atom. The Labute approximate surface area is 269 Å². The maximum absolute atomic E-state index is 14.5. The molecule has 0 aliphatic rings. The van der Waals surface area contributed by atoms with Gasteiger partial charge in [-0.15, -0.1) is 0 Å². The fraction of sp³-hybridized carbons (Fsp3) is 0.257. The minimum atomic E-state index is -4.37. The first kappa shape index (κ1) is 33.9. The Balaban J connectivity index is 1.83. The Morgan fingerprint density at radius 3 is 2.11 bits per heavy atom. The molecule has 0 heterocycles. The van der Waals surface area contributed by atoms with Crippen molar-refractivity contribution >= 4 is 33.2 Å². The predicted molar refractivity (Wildman–Crippen MR) is 178 cm³/mol. The number of nitro groups is 1. The van der Waals surface area contributed by atoms with Gasteiger partial charge in [-0.1, -0.05) is 91.3 Å².